The van der Waals surface area contributed by atoms with E-state index in [-0.39, 0.29) is 5.13 Å². The number of aryl methyl sites for hydroxylation is 1. The van der Waals surface area contributed by atoms with E-state index < -0.39 is 40.1 Å². The molecule has 0 bridgehead atoms. The van der Waals surface area contributed by atoms with E-state index in [1.54, 1.807) is 34.6 Å². The Bertz CT molecular complexity index is 751. The van der Waals surface area contributed by atoms with E-state index in [9.17, 15) is 18.0 Å². The molecule has 0 aromatic carbocycles. The zero-order chi connectivity index (χ0) is 18.2. The predicted octanol–water partition coefficient (Wildman–Crippen LogP) is 1.03. The molecule has 0 radical (unpaired) electrons. The number of carbonyl (C=O) groups is 2. The van der Waals surface area contributed by atoms with Gasteiger partial charge >= 0.3 is 10.2 Å². The molecule has 0 N–H and O–H groups in total. The zero-order valence-electron chi connectivity index (χ0n) is 13.9. The summed E-state index contributed by atoms with van der Waals surface area (Å²) in [4.78, 5) is 29.0. The Balaban J connectivity index is 2.45. The van der Waals surface area contributed by atoms with E-state index in [0.717, 1.165) is 11.5 Å². The highest BCUT2D eigenvalue weighted by molar-refractivity contribution is 7.88. The van der Waals surface area contributed by atoms with Gasteiger partial charge < -0.3 is 0 Å². The number of amides is 2. The van der Waals surface area contributed by atoms with Crippen LogP contribution in [0.5, 0.6) is 0 Å². The third kappa shape index (κ3) is 3.15. The Morgan fingerprint density at radius 2 is 1.58 bits per heavy atom. The van der Waals surface area contributed by atoms with Crippen molar-refractivity contribution in [3.05, 3.63) is 5.82 Å². The quantitative estimate of drug-likeness (QED) is 0.572. The molecule has 0 unspecified atom stereocenters. The summed E-state index contributed by atoms with van der Waals surface area (Å²) in [7, 11) is -4.23. The van der Waals surface area contributed by atoms with Crippen molar-refractivity contribution in [2.45, 2.75) is 52.7 Å². The summed E-state index contributed by atoms with van der Waals surface area (Å²) in [5, 5.41) is 7.70. The summed E-state index contributed by atoms with van der Waals surface area (Å²) in [5.74, 6) is -1.35. The smallest absolute Gasteiger partial charge is 0.271 e. The van der Waals surface area contributed by atoms with Crippen molar-refractivity contribution >= 4 is 38.7 Å². The second-order valence-corrected chi connectivity index (χ2v) is 8.12. The van der Waals surface area contributed by atoms with Crippen molar-refractivity contribution in [3.8, 4) is 0 Å². The van der Waals surface area contributed by atoms with Crippen LogP contribution in [0.15, 0.2) is 10.2 Å². The number of carbonyl (C=O) groups excluding carboxylic acids is 2. The summed E-state index contributed by atoms with van der Waals surface area (Å²) < 4.78 is 30.4. The van der Waals surface area contributed by atoms with Gasteiger partial charge in [0.15, 0.2) is 0 Å². The molecule has 1 aliphatic heterocycles. The summed E-state index contributed by atoms with van der Waals surface area (Å²) in [5.41, 5.74) is 0. The van der Waals surface area contributed by atoms with Crippen LogP contribution in [0.2, 0.25) is 0 Å². The van der Waals surface area contributed by atoms with Crippen LogP contribution < -0.4 is 0 Å². The van der Waals surface area contributed by atoms with Crippen molar-refractivity contribution in [2.75, 3.05) is 0 Å². The molecule has 1 aliphatic rings. The summed E-state index contributed by atoms with van der Waals surface area (Å²) in [6, 6.07) is -2.86. The fraction of sp³-hybridized carbons (Fsp3) is 0.667. The van der Waals surface area contributed by atoms with Gasteiger partial charge in [-0.1, -0.05) is 0 Å². The Morgan fingerprint density at radius 3 is 1.96 bits per heavy atom. The molecular weight excluding hydrogens is 356 g/mol. The highest BCUT2D eigenvalue weighted by Gasteiger charge is 2.52. The fourth-order valence-corrected chi connectivity index (χ4v) is 4.66. The van der Waals surface area contributed by atoms with E-state index in [1.807, 2.05) is 0 Å². The van der Waals surface area contributed by atoms with E-state index in [2.05, 4.69) is 19.6 Å². The summed E-state index contributed by atoms with van der Waals surface area (Å²) >= 11 is 0.965. The van der Waals surface area contributed by atoms with Gasteiger partial charge in [-0.2, -0.15) is 17.9 Å². The van der Waals surface area contributed by atoms with Crippen molar-refractivity contribution in [3.63, 3.8) is 0 Å². The van der Waals surface area contributed by atoms with Gasteiger partial charge in [0.1, 0.15) is 5.82 Å². The van der Waals surface area contributed by atoms with Crippen LogP contribution in [-0.2, 0) is 19.8 Å². The van der Waals surface area contributed by atoms with Gasteiger partial charge in [-0.05, 0) is 34.6 Å². The normalized spacial score (nSPS) is 19.3. The molecule has 0 saturated carbocycles. The van der Waals surface area contributed by atoms with Crippen molar-refractivity contribution in [1.82, 2.24) is 18.0 Å². The van der Waals surface area contributed by atoms with Gasteiger partial charge in [-0.3, -0.25) is 9.59 Å². The van der Waals surface area contributed by atoms with Crippen LogP contribution in [0.1, 0.15) is 33.5 Å². The standard InChI is InChI=1S/C12H18N6O4S2/c1-6(2)17-10(19)9(14-15-12-13-8(5)16-23-12)11(20)18(7(3)4)24(17,21)22/h6-7,9H,1-5H3. The van der Waals surface area contributed by atoms with E-state index in [0.29, 0.717) is 14.4 Å². The molecule has 132 valence electrons. The second kappa shape index (κ2) is 6.51. The molecule has 24 heavy (non-hydrogen) atoms. The number of aromatic nitrogens is 2. The first-order chi connectivity index (χ1) is 11.1. The summed E-state index contributed by atoms with van der Waals surface area (Å²) in [6.07, 6.45) is 0. The zero-order valence-corrected chi connectivity index (χ0v) is 15.5. The Kier molecular flexibility index (Phi) is 4.99. The lowest BCUT2D eigenvalue weighted by Gasteiger charge is -2.39. The maximum atomic E-state index is 12.6. The van der Waals surface area contributed by atoms with Gasteiger partial charge in [-0.15, -0.1) is 5.11 Å². The number of hydrogen-bond donors (Lipinski definition) is 0. The van der Waals surface area contributed by atoms with Crippen molar-refractivity contribution < 1.29 is 18.0 Å². The third-order valence-corrected chi connectivity index (χ3v) is 6.00. The van der Waals surface area contributed by atoms with Crippen molar-refractivity contribution in [2.24, 2.45) is 10.2 Å². The average Bonchev–Trinajstić information content (AvgIpc) is 2.82. The van der Waals surface area contributed by atoms with Crippen LogP contribution in [0.4, 0.5) is 5.13 Å². The topological polar surface area (TPSA) is 125 Å². The average molecular weight is 374 g/mol. The first-order valence-corrected chi connectivity index (χ1v) is 9.37. The molecule has 1 fully saturated rings. The molecule has 0 atom stereocenters. The van der Waals surface area contributed by atoms with Gasteiger partial charge in [0.2, 0.25) is 11.2 Å². The van der Waals surface area contributed by atoms with Crippen LogP contribution in [0.3, 0.4) is 0 Å². The SMILES string of the molecule is Cc1nsc(N=NC2C(=O)N(C(C)C)S(=O)(=O)N(C(C)C)C2=O)n1. The third-order valence-electron chi connectivity index (χ3n) is 3.11. The number of azo groups is 1. The van der Waals surface area contributed by atoms with Crippen LogP contribution >= 0.6 is 11.5 Å². The number of rotatable bonds is 4. The van der Waals surface area contributed by atoms with Gasteiger partial charge in [0, 0.05) is 23.6 Å². The lowest BCUT2D eigenvalue weighted by molar-refractivity contribution is -0.141. The second-order valence-electron chi connectivity index (χ2n) is 5.71. The predicted molar refractivity (Wildman–Crippen MR) is 85.8 cm³/mol. The lowest BCUT2D eigenvalue weighted by atomic mass is 10.2. The van der Waals surface area contributed by atoms with E-state index in [1.165, 1.54) is 0 Å². The van der Waals surface area contributed by atoms with E-state index in [4.69, 9.17) is 0 Å². The lowest BCUT2D eigenvalue weighted by Crippen LogP contribution is -2.64. The van der Waals surface area contributed by atoms with Crippen LogP contribution in [0, 0.1) is 6.92 Å². The highest BCUT2D eigenvalue weighted by atomic mass is 32.2. The van der Waals surface area contributed by atoms with E-state index >= 15 is 0 Å². The first-order valence-electron chi connectivity index (χ1n) is 7.20. The monoisotopic (exact) mass is 374 g/mol. The minimum Gasteiger partial charge on any atom is -0.271 e. The molecule has 0 aliphatic carbocycles. The highest BCUT2D eigenvalue weighted by Crippen LogP contribution is 2.26. The molecule has 2 heterocycles. The number of hydrogen-bond acceptors (Lipinski definition) is 9. The van der Waals surface area contributed by atoms with Gasteiger partial charge in [0.25, 0.3) is 11.8 Å². The minimum absolute atomic E-state index is 0.189. The van der Waals surface area contributed by atoms with Gasteiger partial charge in [-0.25, -0.2) is 13.6 Å². The van der Waals surface area contributed by atoms with Crippen molar-refractivity contribution in [1.29, 1.82) is 0 Å². The van der Waals surface area contributed by atoms with Crippen LogP contribution in [0.25, 0.3) is 0 Å². The van der Waals surface area contributed by atoms with Crippen LogP contribution in [-0.4, -0.2) is 56.3 Å². The largest absolute Gasteiger partial charge is 0.331 e. The molecule has 2 rings (SSSR count). The molecular formula is C12H18N6O4S2. The van der Waals surface area contributed by atoms with Gasteiger partial charge in [0.05, 0.1) is 0 Å². The number of nitrogens with zero attached hydrogens (tertiary/aromatic N) is 6. The molecule has 2 amide bonds. The molecule has 10 nitrogen and oxygen atoms in total. The maximum Gasteiger partial charge on any atom is 0.331 e. The first kappa shape index (κ1) is 18.4. The Hall–Kier alpha value is -1.95. The summed E-state index contributed by atoms with van der Waals surface area (Å²) in [6.45, 7) is 7.86. The molecule has 12 heteroatoms. The fourth-order valence-electron chi connectivity index (χ4n) is 2.24. The minimum atomic E-state index is -4.23. The maximum absolute atomic E-state index is 12.6. The molecule has 0 spiro atoms. The Labute approximate surface area is 143 Å². The Morgan fingerprint density at radius 1 is 1.08 bits per heavy atom. The molecule has 1 aromatic rings. The molecule has 1 aromatic heterocycles. The molecule has 1 saturated heterocycles.